The van der Waals surface area contributed by atoms with Gasteiger partial charge < -0.3 is 14.0 Å². The summed E-state index contributed by atoms with van der Waals surface area (Å²) in [7, 11) is 3.24. The van der Waals surface area contributed by atoms with Gasteiger partial charge in [-0.05, 0) is 19.1 Å². The van der Waals surface area contributed by atoms with Gasteiger partial charge in [0.1, 0.15) is 5.76 Å². The zero-order valence-corrected chi connectivity index (χ0v) is 14.4. The molecule has 0 aliphatic rings. The van der Waals surface area contributed by atoms with Crippen molar-refractivity contribution in [3.8, 4) is 11.4 Å². The maximum atomic E-state index is 12.2. The molecule has 0 atom stereocenters. The number of hydrogen-bond acceptors (Lipinski definition) is 5. The standard InChI is InChI=1S/C19H19N3O3/c1-5-25-12(2)13-6-7-14-15(19(23)24-4)9-17(21-16(14)8-13)18-10-20-11-22(18)3/h6-11H,2,5H2,1,3-4H3. The molecule has 25 heavy (non-hydrogen) atoms. The molecule has 0 N–H and O–H groups in total. The van der Waals surface area contributed by atoms with Gasteiger partial charge >= 0.3 is 5.97 Å². The van der Waals surface area contributed by atoms with Gasteiger partial charge in [0.25, 0.3) is 0 Å². The lowest BCUT2D eigenvalue weighted by Crippen LogP contribution is -2.05. The monoisotopic (exact) mass is 337 g/mol. The second-order valence-corrected chi connectivity index (χ2v) is 5.52. The first-order valence-electron chi connectivity index (χ1n) is 7.87. The van der Waals surface area contributed by atoms with Crippen LogP contribution in [0.2, 0.25) is 0 Å². The molecule has 0 bridgehead atoms. The molecule has 0 aliphatic carbocycles. The van der Waals surface area contributed by atoms with Gasteiger partial charge in [0.2, 0.25) is 0 Å². The molecule has 0 radical (unpaired) electrons. The van der Waals surface area contributed by atoms with Crippen LogP contribution in [0.5, 0.6) is 0 Å². The van der Waals surface area contributed by atoms with Crippen molar-refractivity contribution in [3.63, 3.8) is 0 Å². The van der Waals surface area contributed by atoms with Crippen LogP contribution >= 0.6 is 0 Å². The van der Waals surface area contributed by atoms with Gasteiger partial charge in [-0.25, -0.2) is 14.8 Å². The fourth-order valence-electron chi connectivity index (χ4n) is 2.67. The first kappa shape index (κ1) is 16.7. The van der Waals surface area contributed by atoms with Crippen molar-refractivity contribution in [3.05, 3.63) is 54.5 Å². The molecule has 0 saturated heterocycles. The number of hydrogen-bond donors (Lipinski definition) is 0. The highest BCUT2D eigenvalue weighted by molar-refractivity contribution is 6.05. The number of benzene rings is 1. The topological polar surface area (TPSA) is 66.2 Å². The summed E-state index contributed by atoms with van der Waals surface area (Å²) in [6.07, 6.45) is 3.39. The van der Waals surface area contributed by atoms with Crippen LogP contribution in [0.25, 0.3) is 28.0 Å². The van der Waals surface area contributed by atoms with E-state index in [1.54, 1.807) is 18.6 Å². The Morgan fingerprint density at radius 3 is 2.76 bits per heavy atom. The smallest absolute Gasteiger partial charge is 0.338 e. The Bertz CT molecular complexity index is 960. The van der Waals surface area contributed by atoms with Crippen molar-refractivity contribution in [1.29, 1.82) is 0 Å². The molecule has 0 amide bonds. The number of rotatable bonds is 5. The van der Waals surface area contributed by atoms with E-state index in [2.05, 4.69) is 11.6 Å². The summed E-state index contributed by atoms with van der Waals surface area (Å²) in [5.74, 6) is 0.156. The lowest BCUT2D eigenvalue weighted by atomic mass is 10.0. The van der Waals surface area contributed by atoms with E-state index in [0.717, 1.165) is 11.3 Å². The van der Waals surface area contributed by atoms with Crippen molar-refractivity contribution in [2.75, 3.05) is 13.7 Å². The summed E-state index contributed by atoms with van der Waals surface area (Å²) < 4.78 is 12.2. The molecular weight excluding hydrogens is 318 g/mol. The lowest BCUT2D eigenvalue weighted by Gasteiger charge is -2.11. The van der Waals surface area contributed by atoms with Gasteiger partial charge in [-0.15, -0.1) is 0 Å². The fraction of sp³-hybridized carbons (Fsp3) is 0.211. The lowest BCUT2D eigenvalue weighted by molar-refractivity contribution is 0.0603. The van der Waals surface area contributed by atoms with Crippen LogP contribution in [0.1, 0.15) is 22.8 Å². The van der Waals surface area contributed by atoms with Crippen LogP contribution in [0.3, 0.4) is 0 Å². The molecule has 0 unspecified atom stereocenters. The molecule has 0 aliphatic heterocycles. The highest BCUT2D eigenvalue weighted by atomic mass is 16.5. The van der Waals surface area contributed by atoms with Crippen molar-refractivity contribution in [2.24, 2.45) is 7.05 Å². The number of aromatic nitrogens is 3. The van der Waals surface area contributed by atoms with Crippen LogP contribution < -0.4 is 0 Å². The molecule has 0 saturated carbocycles. The van der Waals surface area contributed by atoms with E-state index >= 15 is 0 Å². The number of esters is 1. The number of pyridine rings is 1. The Morgan fingerprint density at radius 1 is 1.32 bits per heavy atom. The Balaban J connectivity index is 2.23. The predicted molar refractivity (Wildman–Crippen MR) is 95.9 cm³/mol. The third-order valence-electron chi connectivity index (χ3n) is 3.93. The number of carbonyl (C=O) groups excluding carboxylic acids is 1. The summed E-state index contributed by atoms with van der Waals surface area (Å²) >= 11 is 0. The molecule has 6 heteroatoms. The van der Waals surface area contributed by atoms with E-state index in [0.29, 0.717) is 34.5 Å². The maximum absolute atomic E-state index is 12.2. The van der Waals surface area contributed by atoms with Crippen molar-refractivity contribution in [1.82, 2.24) is 14.5 Å². The van der Waals surface area contributed by atoms with Gasteiger partial charge in [0.05, 0.1) is 48.7 Å². The minimum absolute atomic E-state index is 0.410. The Labute approximate surface area is 145 Å². The summed E-state index contributed by atoms with van der Waals surface area (Å²) in [5, 5.41) is 0.714. The third-order valence-corrected chi connectivity index (χ3v) is 3.93. The van der Waals surface area contributed by atoms with E-state index in [1.165, 1.54) is 7.11 Å². The largest absolute Gasteiger partial charge is 0.494 e. The second kappa shape index (κ2) is 6.76. The summed E-state index contributed by atoms with van der Waals surface area (Å²) in [5.41, 5.74) is 3.39. The minimum atomic E-state index is -0.410. The van der Waals surface area contributed by atoms with Crippen LogP contribution in [-0.4, -0.2) is 34.2 Å². The average Bonchev–Trinajstić information content (AvgIpc) is 3.05. The average molecular weight is 337 g/mol. The summed E-state index contributed by atoms with van der Waals surface area (Å²) in [4.78, 5) is 21.1. The SMILES string of the molecule is C=C(OCC)c1ccc2c(C(=O)OC)cc(-c3cncn3C)nc2c1. The molecule has 2 aromatic heterocycles. The molecule has 0 spiro atoms. The number of ether oxygens (including phenoxy) is 2. The van der Waals surface area contributed by atoms with Gasteiger partial charge in [-0.3, -0.25) is 0 Å². The van der Waals surface area contributed by atoms with Gasteiger partial charge in [-0.1, -0.05) is 18.7 Å². The third kappa shape index (κ3) is 3.10. The molecule has 128 valence electrons. The Morgan fingerprint density at radius 2 is 2.12 bits per heavy atom. The Hall–Kier alpha value is -3.15. The predicted octanol–water partition coefficient (Wildman–Crippen LogP) is 3.43. The second-order valence-electron chi connectivity index (χ2n) is 5.52. The van der Waals surface area contributed by atoms with Crippen LogP contribution in [0, 0.1) is 0 Å². The van der Waals surface area contributed by atoms with Crippen LogP contribution in [-0.2, 0) is 16.5 Å². The van der Waals surface area contributed by atoms with Crippen LogP contribution in [0.4, 0.5) is 0 Å². The first-order valence-corrected chi connectivity index (χ1v) is 7.87. The van der Waals surface area contributed by atoms with E-state index in [1.807, 2.05) is 36.7 Å². The molecule has 2 heterocycles. The number of aryl methyl sites for hydroxylation is 1. The quantitative estimate of drug-likeness (QED) is 0.527. The van der Waals surface area contributed by atoms with E-state index in [-0.39, 0.29) is 0 Å². The van der Waals surface area contributed by atoms with E-state index in [9.17, 15) is 4.79 Å². The molecule has 3 aromatic rings. The number of carbonyl (C=O) groups is 1. The summed E-state index contributed by atoms with van der Waals surface area (Å²) in [6.45, 7) is 6.36. The zero-order valence-electron chi connectivity index (χ0n) is 14.4. The minimum Gasteiger partial charge on any atom is -0.494 e. The number of methoxy groups -OCH3 is 1. The van der Waals surface area contributed by atoms with Gasteiger partial charge in [0.15, 0.2) is 0 Å². The van der Waals surface area contributed by atoms with Crippen molar-refractivity contribution < 1.29 is 14.3 Å². The van der Waals surface area contributed by atoms with Crippen molar-refractivity contribution >= 4 is 22.6 Å². The first-order chi connectivity index (χ1) is 12.0. The van der Waals surface area contributed by atoms with Crippen molar-refractivity contribution in [2.45, 2.75) is 6.92 Å². The molecule has 3 rings (SSSR count). The number of nitrogens with zero attached hydrogens (tertiary/aromatic N) is 3. The van der Waals surface area contributed by atoms with E-state index in [4.69, 9.17) is 14.5 Å². The van der Waals surface area contributed by atoms with Crippen LogP contribution in [0.15, 0.2) is 43.4 Å². The molecule has 0 fully saturated rings. The summed E-state index contributed by atoms with van der Waals surface area (Å²) in [6, 6.07) is 7.28. The fourth-order valence-corrected chi connectivity index (χ4v) is 2.67. The Kier molecular flexibility index (Phi) is 4.52. The number of imidazole rings is 1. The highest BCUT2D eigenvalue weighted by Crippen LogP contribution is 2.27. The van der Waals surface area contributed by atoms with Gasteiger partial charge in [0, 0.05) is 18.0 Å². The molecule has 1 aromatic carbocycles. The zero-order chi connectivity index (χ0) is 18.0. The molecule has 6 nitrogen and oxygen atoms in total. The maximum Gasteiger partial charge on any atom is 0.338 e. The molecular formula is C19H19N3O3. The van der Waals surface area contributed by atoms with Gasteiger partial charge in [-0.2, -0.15) is 0 Å². The van der Waals surface area contributed by atoms with E-state index < -0.39 is 5.97 Å². The normalized spacial score (nSPS) is 10.7. The highest BCUT2D eigenvalue weighted by Gasteiger charge is 2.16. The number of fused-ring (bicyclic) bond motifs is 1.